The van der Waals surface area contributed by atoms with Gasteiger partial charge in [-0.25, -0.2) is 0 Å². The summed E-state index contributed by atoms with van der Waals surface area (Å²) in [5, 5.41) is 2.82. The van der Waals surface area contributed by atoms with Crippen LogP contribution in [0.1, 0.15) is 29.8 Å². The predicted molar refractivity (Wildman–Crippen MR) is 109 cm³/mol. The molecule has 4 nitrogen and oxygen atoms in total. The van der Waals surface area contributed by atoms with Crippen molar-refractivity contribution in [3.05, 3.63) is 53.6 Å². The average Bonchev–Trinajstić information content (AvgIpc) is 2.98. The van der Waals surface area contributed by atoms with Gasteiger partial charge >= 0.3 is 0 Å². The summed E-state index contributed by atoms with van der Waals surface area (Å²) in [6.07, 6.45) is 2.82. The van der Waals surface area contributed by atoms with E-state index in [0.717, 1.165) is 22.6 Å². The van der Waals surface area contributed by atoms with Gasteiger partial charge in [-0.2, -0.15) is 0 Å². The van der Waals surface area contributed by atoms with Crippen molar-refractivity contribution in [2.24, 2.45) is 0 Å². The molecule has 2 aromatic carbocycles. The summed E-state index contributed by atoms with van der Waals surface area (Å²) in [5.41, 5.74) is 1.62. The van der Waals surface area contributed by atoms with Crippen LogP contribution >= 0.6 is 11.8 Å². The van der Waals surface area contributed by atoms with Crippen molar-refractivity contribution in [3.8, 4) is 23.3 Å². The number of amides is 1. The lowest BCUT2D eigenvalue weighted by atomic mass is 10.0. The maximum absolute atomic E-state index is 12.2. The quantitative estimate of drug-likeness (QED) is 0.630. The number of hydrogen-bond donors (Lipinski definition) is 1. The highest BCUT2D eigenvalue weighted by Crippen LogP contribution is 2.41. The molecule has 1 heterocycles. The van der Waals surface area contributed by atoms with Gasteiger partial charge in [0.15, 0.2) is 11.5 Å². The van der Waals surface area contributed by atoms with E-state index in [1.54, 1.807) is 11.8 Å². The van der Waals surface area contributed by atoms with Crippen LogP contribution in [0.4, 0.5) is 0 Å². The van der Waals surface area contributed by atoms with E-state index in [2.05, 4.69) is 37.1 Å². The Labute approximate surface area is 164 Å². The molecule has 0 fully saturated rings. The number of rotatable bonds is 5. The fraction of sp³-hybridized carbons (Fsp3) is 0.318. The van der Waals surface area contributed by atoms with Crippen LogP contribution in [0, 0.1) is 11.8 Å². The molecule has 0 aliphatic carbocycles. The Morgan fingerprint density at radius 3 is 2.85 bits per heavy atom. The second-order valence-electron chi connectivity index (χ2n) is 6.81. The Balaban J connectivity index is 1.50. The van der Waals surface area contributed by atoms with E-state index < -0.39 is 0 Å². The number of thioether (sulfide) groups is 1. The Morgan fingerprint density at radius 1 is 1.22 bits per heavy atom. The van der Waals surface area contributed by atoms with Crippen LogP contribution in [0.3, 0.4) is 0 Å². The Bertz CT molecular complexity index is 896. The molecule has 0 radical (unpaired) electrons. The predicted octanol–water partition coefficient (Wildman–Crippen LogP) is 3.93. The second kappa shape index (κ2) is 8.41. The van der Waals surface area contributed by atoms with Crippen molar-refractivity contribution in [1.29, 1.82) is 0 Å². The number of carbonyl (C=O) groups excluding carboxylic acids is 1. The lowest BCUT2D eigenvalue weighted by Gasteiger charge is -2.17. The molecule has 3 rings (SSSR count). The number of hydrogen-bond acceptors (Lipinski definition) is 4. The van der Waals surface area contributed by atoms with Crippen LogP contribution in [-0.2, 0) is 6.42 Å². The van der Waals surface area contributed by atoms with Crippen LogP contribution < -0.4 is 14.8 Å². The molecule has 0 saturated carbocycles. The first-order valence-electron chi connectivity index (χ1n) is 8.81. The molecular weight excluding hydrogens is 358 g/mol. The minimum Gasteiger partial charge on any atom is -0.483 e. The van der Waals surface area contributed by atoms with E-state index in [9.17, 15) is 4.79 Å². The molecule has 5 heteroatoms. The number of ether oxygens (including phenoxy) is 2. The molecule has 1 aliphatic heterocycles. The highest BCUT2D eigenvalue weighted by molar-refractivity contribution is 7.98. The van der Waals surface area contributed by atoms with E-state index >= 15 is 0 Å². The number of fused-ring (bicyclic) bond motifs is 1. The van der Waals surface area contributed by atoms with Gasteiger partial charge in [0, 0.05) is 16.9 Å². The summed E-state index contributed by atoms with van der Waals surface area (Å²) >= 11 is 1.55. The minimum atomic E-state index is -0.204. The van der Waals surface area contributed by atoms with Crippen LogP contribution in [0.5, 0.6) is 11.5 Å². The first-order valence-corrected chi connectivity index (χ1v) is 10.0. The topological polar surface area (TPSA) is 47.6 Å². The van der Waals surface area contributed by atoms with Crippen LogP contribution in [0.25, 0.3) is 0 Å². The Morgan fingerprint density at radius 2 is 2.04 bits per heavy atom. The van der Waals surface area contributed by atoms with Crippen LogP contribution in [0.2, 0.25) is 0 Å². The highest BCUT2D eigenvalue weighted by atomic mass is 32.2. The molecule has 0 spiro atoms. The first-order chi connectivity index (χ1) is 13.0. The van der Waals surface area contributed by atoms with E-state index in [-0.39, 0.29) is 24.7 Å². The van der Waals surface area contributed by atoms with E-state index in [4.69, 9.17) is 9.47 Å². The van der Waals surface area contributed by atoms with Crippen LogP contribution in [-0.4, -0.2) is 30.9 Å². The molecular formula is C22H23NO3S. The number of benzene rings is 2. The largest absolute Gasteiger partial charge is 0.483 e. The fourth-order valence-corrected chi connectivity index (χ4v) is 3.58. The maximum Gasteiger partial charge on any atom is 0.253 e. The molecule has 1 aliphatic rings. The third kappa shape index (κ3) is 4.78. The summed E-state index contributed by atoms with van der Waals surface area (Å²) in [4.78, 5) is 13.2. The number of para-hydroxylation sites is 1. The zero-order valence-electron chi connectivity index (χ0n) is 15.8. The average molecular weight is 381 g/mol. The van der Waals surface area contributed by atoms with Crippen molar-refractivity contribution >= 4 is 17.7 Å². The van der Waals surface area contributed by atoms with Gasteiger partial charge in [0.25, 0.3) is 5.91 Å². The third-order valence-electron chi connectivity index (χ3n) is 4.17. The molecule has 2 aromatic rings. The van der Waals surface area contributed by atoms with Gasteiger partial charge < -0.3 is 14.8 Å². The summed E-state index contributed by atoms with van der Waals surface area (Å²) in [6, 6.07) is 13.4. The zero-order valence-corrected chi connectivity index (χ0v) is 16.6. The standard InChI is InChI=1S/C22H23NO3S/c1-22(2)15-16-9-8-11-18(20(16)26-22)25-14-7-6-13-23-21(24)17-10-4-5-12-19(17)27-3/h4-5,8-12H,13-15H2,1-3H3,(H,23,24). The zero-order chi connectivity index (χ0) is 19.3. The monoisotopic (exact) mass is 381 g/mol. The molecule has 0 aromatic heterocycles. The van der Waals surface area contributed by atoms with Gasteiger partial charge in [-0.05, 0) is 38.3 Å². The minimum absolute atomic E-state index is 0.119. The molecule has 0 unspecified atom stereocenters. The molecule has 0 saturated heterocycles. The van der Waals surface area contributed by atoms with Gasteiger partial charge in [0.2, 0.25) is 0 Å². The lowest BCUT2D eigenvalue weighted by Crippen LogP contribution is -2.24. The van der Waals surface area contributed by atoms with Gasteiger partial charge in [-0.3, -0.25) is 4.79 Å². The number of carbonyl (C=O) groups is 1. The molecule has 0 atom stereocenters. The van der Waals surface area contributed by atoms with Crippen molar-refractivity contribution in [2.45, 2.75) is 30.8 Å². The van der Waals surface area contributed by atoms with Crippen molar-refractivity contribution in [1.82, 2.24) is 5.32 Å². The normalized spacial score (nSPS) is 13.7. The van der Waals surface area contributed by atoms with Gasteiger partial charge in [0.05, 0.1) is 12.1 Å². The summed E-state index contributed by atoms with van der Waals surface area (Å²) in [5.74, 6) is 7.26. The third-order valence-corrected chi connectivity index (χ3v) is 4.96. The fourth-order valence-electron chi connectivity index (χ4n) is 2.98. The van der Waals surface area contributed by atoms with E-state index in [1.807, 2.05) is 42.7 Å². The van der Waals surface area contributed by atoms with Crippen LogP contribution in [0.15, 0.2) is 47.4 Å². The van der Waals surface area contributed by atoms with E-state index in [1.165, 1.54) is 0 Å². The summed E-state index contributed by atoms with van der Waals surface area (Å²) in [7, 11) is 0. The van der Waals surface area contributed by atoms with E-state index in [0.29, 0.717) is 11.3 Å². The first kappa shape index (κ1) is 19.2. The Hall–Kier alpha value is -2.58. The number of nitrogens with one attached hydrogen (secondary N) is 1. The van der Waals surface area contributed by atoms with Crippen molar-refractivity contribution in [3.63, 3.8) is 0 Å². The van der Waals surface area contributed by atoms with Gasteiger partial charge in [-0.15, -0.1) is 11.8 Å². The maximum atomic E-state index is 12.2. The molecule has 1 amide bonds. The van der Waals surface area contributed by atoms with Crippen molar-refractivity contribution < 1.29 is 14.3 Å². The second-order valence-corrected chi connectivity index (χ2v) is 7.66. The summed E-state index contributed by atoms with van der Waals surface area (Å²) in [6.45, 7) is 4.65. The molecule has 140 valence electrons. The van der Waals surface area contributed by atoms with Gasteiger partial charge in [-0.1, -0.05) is 36.1 Å². The molecule has 27 heavy (non-hydrogen) atoms. The Kier molecular flexibility index (Phi) is 5.98. The van der Waals surface area contributed by atoms with Crippen molar-refractivity contribution in [2.75, 3.05) is 19.4 Å². The summed E-state index contributed by atoms with van der Waals surface area (Å²) < 4.78 is 11.7. The highest BCUT2D eigenvalue weighted by Gasteiger charge is 2.32. The van der Waals surface area contributed by atoms with Gasteiger partial charge in [0.1, 0.15) is 12.2 Å². The molecule has 0 bridgehead atoms. The molecule has 1 N–H and O–H groups in total. The SMILES string of the molecule is CSc1ccccc1C(=O)NCC#CCOc1cccc2c1OC(C)(C)C2. The smallest absolute Gasteiger partial charge is 0.253 e. The lowest BCUT2D eigenvalue weighted by molar-refractivity contribution is 0.0955.